The number of nitrogens with two attached hydrogens (primary N) is 2. The lowest BCUT2D eigenvalue weighted by molar-refractivity contribution is 0.482. The number of hydrogen-bond acceptors (Lipinski definition) is 3. The molecule has 0 saturated heterocycles. The van der Waals surface area contributed by atoms with Gasteiger partial charge in [-0.05, 0) is 49.2 Å². The van der Waals surface area contributed by atoms with Crippen LogP contribution < -0.4 is 16.2 Å². The Labute approximate surface area is 101 Å². The first-order valence-electron chi connectivity index (χ1n) is 5.46. The van der Waals surface area contributed by atoms with Gasteiger partial charge in [-0.25, -0.2) is 0 Å². The molecule has 2 aromatic rings. The Morgan fingerprint density at radius 2 is 1.41 bits per heavy atom. The molecule has 17 heavy (non-hydrogen) atoms. The highest BCUT2D eigenvalue weighted by Crippen LogP contribution is 2.27. The Bertz CT molecular complexity index is 500. The highest BCUT2D eigenvalue weighted by Gasteiger charge is 2.01. The third-order valence-electron chi connectivity index (χ3n) is 2.77. The number of rotatable bonds is 2. The quantitative estimate of drug-likeness (QED) is 0.775. The highest BCUT2D eigenvalue weighted by molar-refractivity contribution is 5.65. The molecule has 2 aromatic carbocycles. The molecule has 2 rings (SSSR count). The number of hydrogen-bond donors (Lipinski definition) is 2. The molecule has 0 amide bonds. The van der Waals surface area contributed by atoms with Crippen LogP contribution in [-0.2, 0) is 0 Å². The van der Waals surface area contributed by atoms with Crippen molar-refractivity contribution in [1.29, 1.82) is 0 Å². The Morgan fingerprint density at radius 3 is 2.06 bits per heavy atom. The lowest BCUT2D eigenvalue weighted by Gasteiger charge is -2.09. The van der Waals surface area contributed by atoms with E-state index in [2.05, 4.69) is 13.8 Å². The third-order valence-corrected chi connectivity index (χ3v) is 2.77. The van der Waals surface area contributed by atoms with Crippen LogP contribution in [0.2, 0.25) is 0 Å². The van der Waals surface area contributed by atoms with Gasteiger partial charge < -0.3 is 16.2 Å². The van der Waals surface area contributed by atoms with Crippen LogP contribution in [0.4, 0.5) is 11.4 Å². The Morgan fingerprint density at radius 1 is 0.765 bits per heavy atom. The van der Waals surface area contributed by atoms with Crippen LogP contribution in [0.15, 0.2) is 36.4 Å². The lowest BCUT2D eigenvalue weighted by atomic mass is 10.1. The molecule has 3 nitrogen and oxygen atoms in total. The van der Waals surface area contributed by atoms with Crippen molar-refractivity contribution in [3.63, 3.8) is 0 Å². The van der Waals surface area contributed by atoms with Crippen molar-refractivity contribution in [2.75, 3.05) is 11.5 Å². The number of nitrogen functional groups attached to an aromatic ring is 2. The minimum absolute atomic E-state index is 0.534. The van der Waals surface area contributed by atoms with Gasteiger partial charge in [0.05, 0.1) is 11.4 Å². The SMILES string of the molecule is Cc1ccc(Oc2ccc(N)c(N)c2)cc1C. The molecule has 4 N–H and O–H groups in total. The summed E-state index contributed by atoms with van der Waals surface area (Å²) in [5, 5.41) is 0. The van der Waals surface area contributed by atoms with E-state index in [1.807, 2.05) is 18.2 Å². The number of ether oxygens (including phenoxy) is 1. The molecule has 0 aliphatic carbocycles. The zero-order valence-corrected chi connectivity index (χ0v) is 10.0. The van der Waals surface area contributed by atoms with Crippen LogP contribution in [0.1, 0.15) is 11.1 Å². The maximum Gasteiger partial charge on any atom is 0.129 e. The third kappa shape index (κ3) is 2.50. The molecule has 0 fully saturated rings. The fourth-order valence-electron chi connectivity index (χ4n) is 1.53. The minimum Gasteiger partial charge on any atom is -0.457 e. The van der Waals surface area contributed by atoms with Crippen LogP contribution in [0.25, 0.3) is 0 Å². The predicted octanol–water partition coefficient (Wildman–Crippen LogP) is 3.26. The standard InChI is InChI=1S/C14H16N2O/c1-9-3-4-11(7-10(9)2)17-12-5-6-13(15)14(16)8-12/h3-8H,15-16H2,1-2H3. The molecule has 0 saturated carbocycles. The van der Waals surface area contributed by atoms with Gasteiger partial charge in [-0.3, -0.25) is 0 Å². The second-order valence-corrected chi connectivity index (χ2v) is 4.14. The fraction of sp³-hybridized carbons (Fsp3) is 0.143. The van der Waals surface area contributed by atoms with Gasteiger partial charge in [-0.2, -0.15) is 0 Å². The van der Waals surface area contributed by atoms with Crippen LogP contribution in [0.5, 0.6) is 11.5 Å². The minimum atomic E-state index is 0.534. The molecule has 0 bridgehead atoms. The van der Waals surface area contributed by atoms with Crippen LogP contribution in [0, 0.1) is 13.8 Å². The maximum atomic E-state index is 5.72. The lowest BCUT2D eigenvalue weighted by Crippen LogP contribution is -1.95. The van der Waals surface area contributed by atoms with E-state index in [-0.39, 0.29) is 0 Å². The van der Waals surface area contributed by atoms with Crippen LogP contribution in [-0.4, -0.2) is 0 Å². The monoisotopic (exact) mass is 228 g/mol. The molecule has 0 radical (unpaired) electrons. The van der Waals surface area contributed by atoms with Gasteiger partial charge in [0, 0.05) is 6.07 Å². The van der Waals surface area contributed by atoms with Crippen LogP contribution in [0.3, 0.4) is 0 Å². The first-order valence-corrected chi connectivity index (χ1v) is 5.46. The van der Waals surface area contributed by atoms with Gasteiger partial charge in [0.1, 0.15) is 11.5 Å². The fourth-order valence-corrected chi connectivity index (χ4v) is 1.53. The molecule has 0 aliphatic rings. The summed E-state index contributed by atoms with van der Waals surface area (Å²) in [6.45, 7) is 4.12. The molecule has 0 unspecified atom stereocenters. The number of anilines is 2. The molecular formula is C14H16N2O. The van der Waals surface area contributed by atoms with Gasteiger partial charge >= 0.3 is 0 Å². The van der Waals surface area contributed by atoms with Crippen LogP contribution >= 0.6 is 0 Å². The Balaban J connectivity index is 2.25. The molecular weight excluding hydrogens is 212 g/mol. The largest absolute Gasteiger partial charge is 0.457 e. The van der Waals surface area contributed by atoms with Crippen molar-refractivity contribution in [3.8, 4) is 11.5 Å². The van der Waals surface area contributed by atoms with Gasteiger partial charge in [0.2, 0.25) is 0 Å². The summed E-state index contributed by atoms with van der Waals surface area (Å²) in [6.07, 6.45) is 0. The Hall–Kier alpha value is -2.16. The van der Waals surface area contributed by atoms with Gasteiger partial charge in [0.15, 0.2) is 0 Å². The second kappa shape index (κ2) is 4.37. The van der Waals surface area contributed by atoms with E-state index >= 15 is 0 Å². The zero-order valence-electron chi connectivity index (χ0n) is 10.0. The number of aryl methyl sites for hydroxylation is 2. The maximum absolute atomic E-state index is 5.72. The van der Waals surface area contributed by atoms with Gasteiger partial charge in [-0.15, -0.1) is 0 Å². The van der Waals surface area contributed by atoms with Gasteiger partial charge in [0.25, 0.3) is 0 Å². The summed E-state index contributed by atoms with van der Waals surface area (Å²) in [5.41, 5.74) is 14.9. The second-order valence-electron chi connectivity index (χ2n) is 4.14. The van der Waals surface area contributed by atoms with E-state index in [1.165, 1.54) is 11.1 Å². The van der Waals surface area contributed by atoms with E-state index in [4.69, 9.17) is 16.2 Å². The highest BCUT2D eigenvalue weighted by atomic mass is 16.5. The summed E-state index contributed by atoms with van der Waals surface area (Å²) in [4.78, 5) is 0. The van der Waals surface area contributed by atoms with Crippen molar-refractivity contribution in [2.45, 2.75) is 13.8 Å². The van der Waals surface area contributed by atoms with E-state index in [9.17, 15) is 0 Å². The first kappa shape index (κ1) is 11.3. The smallest absolute Gasteiger partial charge is 0.129 e. The summed E-state index contributed by atoms with van der Waals surface area (Å²) >= 11 is 0. The van der Waals surface area contributed by atoms with E-state index in [1.54, 1.807) is 18.2 Å². The van der Waals surface area contributed by atoms with Crippen molar-refractivity contribution < 1.29 is 4.74 Å². The topological polar surface area (TPSA) is 61.3 Å². The molecule has 3 heteroatoms. The molecule has 0 aliphatic heterocycles. The molecule has 0 spiro atoms. The normalized spacial score (nSPS) is 10.2. The summed E-state index contributed by atoms with van der Waals surface area (Å²) < 4.78 is 5.71. The van der Waals surface area contributed by atoms with E-state index in [0.717, 1.165) is 5.75 Å². The van der Waals surface area contributed by atoms with Gasteiger partial charge in [-0.1, -0.05) is 6.07 Å². The van der Waals surface area contributed by atoms with E-state index in [0.29, 0.717) is 17.1 Å². The zero-order chi connectivity index (χ0) is 12.4. The molecule has 0 aromatic heterocycles. The van der Waals surface area contributed by atoms with Crippen molar-refractivity contribution in [3.05, 3.63) is 47.5 Å². The Kier molecular flexibility index (Phi) is 2.91. The van der Waals surface area contributed by atoms with Crippen molar-refractivity contribution in [1.82, 2.24) is 0 Å². The molecule has 88 valence electrons. The number of benzene rings is 2. The average Bonchev–Trinajstić information content (AvgIpc) is 2.29. The average molecular weight is 228 g/mol. The molecule has 0 atom stereocenters. The predicted molar refractivity (Wildman–Crippen MR) is 71.3 cm³/mol. The summed E-state index contributed by atoms with van der Waals surface area (Å²) in [6, 6.07) is 11.2. The van der Waals surface area contributed by atoms with Crippen molar-refractivity contribution in [2.24, 2.45) is 0 Å². The first-order chi connectivity index (χ1) is 8.06. The summed E-state index contributed by atoms with van der Waals surface area (Å²) in [7, 11) is 0. The summed E-state index contributed by atoms with van der Waals surface area (Å²) in [5.74, 6) is 1.50. The van der Waals surface area contributed by atoms with Crippen molar-refractivity contribution >= 4 is 11.4 Å². The molecule has 0 heterocycles. The van der Waals surface area contributed by atoms with E-state index < -0.39 is 0 Å².